The maximum Gasteiger partial charge on any atom is 0.228 e. The Morgan fingerprint density at radius 3 is 1.86 bits per heavy atom. The lowest BCUT2D eigenvalue weighted by Gasteiger charge is -2.29. The lowest BCUT2D eigenvalue weighted by Crippen LogP contribution is -2.32. The van der Waals surface area contributed by atoms with Crippen LogP contribution in [0.1, 0.15) is 84.6 Å². The highest BCUT2D eigenvalue weighted by atomic mass is 16.5. The minimum Gasteiger partial charge on any atom is -0.455 e. The summed E-state index contributed by atoms with van der Waals surface area (Å²) in [5, 5.41) is 7.72. The molecule has 1 aromatic heterocycles. The molecule has 2 nitrogen and oxygen atoms in total. The van der Waals surface area contributed by atoms with Crippen LogP contribution in [-0.4, -0.2) is 0 Å². The van der Waals surface area contributed by atoms with Crippen molar-refractivity contribution < 1.29 is 9.30 Å². The van der Waals surface area contributed by atoms with Gasteiger partial charge in [0.1, 0.15) is 18.5 Å². The van der Waals surface area contributed by atoms with Crippen molar-refractivity contribution in [1.82, 2.24) is 0 Å². The third-order valence-electron chi connectivity index (χ3n) is 8.58. The van der Waals surface area contributed by atoms with E-state index in [0.717, 1.165) is 30.8 Å². The van der Waals surface area contributed by atoms with E-state index in [1.54, 1.807) is 0 Å². The normalized spacial score (nSPS) is 13.6. The SMILES string of the molecule is Cc1c2c(c(CC(C)(C)C)c3ccc(CC(C)(C)C)cc13)Oc1cc3ccc(CC(C)(C)C)cc3c3cc[n+](C)c-2c13. The van der Waals surface area contributed by atoms with Gasteiger partial charge in [0, 0.05) is 17.0 Å². The molecule has 0 radical (unpaired) electrons. The third kappa shape index (κ3) is 5.19. The van der Waals surface area contributed by atoms with Crippen LogP contribution in [0.3, 0.4) is 0 Å². The van der Waals surface area contributed by atoms with Gasteiger partial charge in [-0.25, -0.2) is 4.57 Å². The number of rotatable bonds is 3. The Bertz CT molecular complexity index is 1890. The van der Waals surface area contributed by atoms with E-state index in [9.17, 15) is 0 Å². The van der Waals surface area contributed by atoms with E-state index in [0.29, 0.717) is 0 Å². The Morgan fingerprint density at radius 1 is 0.643 bits per heavy atom. The molecule has 0 saturated heterocycles. The molecule has 2 heteroatoms. The van der Waals surface area contributed by atoms with Gasteiger partial charge in [-0.3, -0.25) is 0 Å². The van der Waals surface area contributed by atoms with Gasteiger partial charge in [0.2, 0.25) is 5.69 Å². The highest BCUT2D eigenvalue weighted by Gasteiger charge is 2.34. The summed E-state index contributed by atoms with van der Waals surface area (Å²) in [6, 6.07) is 18.7. The first-order chi connectivity index (χ1) is 19.5. The van der Waals surface area contributed by atoms with Crippen LogP contribution in [-0.2, 0) is 26.3 Å². The summed E-state index contributed by atoms with van der Waals surface area (Å²) in [4.78, 5) is 0. The molecular weight excluding hydrogens is 510 g/mol. The maximum atomic E-state index is 7.09. The van der Waals surface area contributed by atoms with Crippen molar-refractivity contribution >= 4 is 32.3 Å². The van der Waals surface area contributed by atoms with Crippen molar-refractivity contribution in [3.05, 3.63) is 77.0 Å². The molecule has 0 fully saturated rings. The van der Waals surface area contributed by atoms with Gasteiger partial charge in [-0.05, 0) is 86.7 Å². The summed E-state index contributed by atoms with van der Waals surface area (Å²) in [6.45, 7) is 23.2. The zero-order valence-electron chi connectivity index (χ0n) is 27.7. The summed E-state index contributed by atoms with van der Waals surface area (Å²) in [5.74, 6) is 2.01. The summed E-state index contributed by atoms with van der Waals surface area (Å²) in [5.41, 5.74) is 8.52. The van der Waals surface area contributed by atoms with Crippen LogP contribution in [0.5, 0.6) is 11.5 Å². The third-order valence-corrected chi connectivity index (χ3v) is 8.58. The standard InChI is InChI=1S/C40H48NO/c1-24-30-18-26(22-39(5,6)7)13-15-28(30)32(23-40(8,9)10)37-34(24)36-35-29(16-17-41(36)11)31-19-25(21-38(2,3)4)12-14-27(31)20-33(35)42-37/h12-20H,21-23H2,1-11H3/q+1. The van der Waals surface area contributed by atoms with E-state index < -0.39 is 0 Å². The first kappa shape index (κ1) is 28.7. The summed E-state index contributed by atoms with van der Waals surface area (Å²) < 4.78 is 9.40. The Balaban J connectivity index is 1.70. The van der Waals surface area contributed by atoms with Crippen LogP contribution in [0, 0.1) is 23.2 Å². The smallest absolute Gasteiger partial charge is 0.228 e. The van der Waals surface area contributed by atoms with Gasteiger partial charge in [-0.1, -0.05) is 98.7 Å². The van der Waals surface area contributed by atoms with Crippen molar-refractivity contribution in [2.45, 2.75) is 88.5 Å². The molecule has 0 N–H and O–H groups in total. The topological polar surface area (TPSA) is 13.1 Å². The van der Waals surface area contributed by atoms with Crippen LogP contribution < -0.4 is 9.30 Å². The van der Waals surface area contributed by atoms with Gasteiger partial charge in [0.05, 0.1) is 10.9 Å². The highest BCUT2D eigenvalue weighted by Crippen LogP contribution is 2.53. The highest BCUT2D eigenvalue weighted by molar-refractivity contribution is 6.16. The Morgan fingerprint density at radius 2 is 1.24 bits per heavy atom. The molecule has 5 aromatic rings. The van der Waals surface area contributed by atoms with E-state index in [4.69, 9.17) is 4.74 Å². The molecule has 0 unspecified atom stereocenters. The number of ether oxygens (including phenoxy) is 1. The molecule has 1 aliphatic rings. The predicted molar refractivity (Wildman–Crippen MR) is 180 cm³/mol. The quantitative estimate of drug-likeness (QED) is 0.155. The molecule has 42 heavy (non-hydrogen) atoms. The van der Waals surface area contributed by atoms with Crippen molar-refractivity contribution in [3.63, 3.8) is 0 Å². The summed E-state index contributed by atoms with van der Waals surface area (Å²) in [6.07, 6.45) is 5.30. The molecule has 6 rings (SSSR count). The monoisotopic (exact) mass is 558 g/mol. The molecule has 218 valence electrons. The summed E-state index contributed by atoms with van der Waals surface area (Å²) >= 11 is 0. The number of aromatic nitrogens is 1. The molecule has 0 aliphatic carbocycles. The van der Waals surface area contributed by atoms with Gasteiger partial charge < -0.3 is 4.74 Å². The molecule has 0 amide bonds. The lowest BCUT2D eigenvalue weighted by atomic mass is 9.80. The van der Waals surface area contributed by atoms with Crippen LogP contribution in [0.15, 0.2) is 54.7 Å². The second-order valence-corrected chi connectivity index (χ2v) is 16.5. The van der Waals surface area contributed by atoms with Gasteiger partial charge in [0.25, 0.3) is 0 Å². The van der Waals surface area contributed by atoms with Crippen LogP contribution >= 0.6 is 0 Å². The largest absolute Gasteiger partial charge is 0.455 e. The van der Waals surface area contributed by atoms with Crippen molar-refractivity contribution in [2.75, 3.05) is 0 Å². The Hall–Kier alpha value is -3.39. The van der Waals surface area contributed by atoms with Gasteiger partial charge in [-0.15, -0.1) is 0 Å². The first-order valence-corrected chi connectivity index (χ1v) is 15.6. The van der Waals surface area contributed by atoms with Crippen LogP contribution in [0.25, 0.3) is 43.6 Å². The fourth-order valence-electron chi connectivity index (χ4n) is 7.08. The van der Waals surface area contributed by atoms with E-state index >= 15 is 0 Å². The van der Waals surface area contributed by atoms with E-state index in [-0.39, 0.29) is 16.2 Å². The summed E-state index contributed by atoms with van der Waals surface area (Å²) in [7, 11) is 2.19. The van der Waals surface area contributed by atoms with Gasteiger partial charge in [0.15, 0.2) is 6.20 Å². The number of hydrogen-bond donors (Lipinski definition) is 0. The minimum absolute atomic E-state index is 0.116. The average molecular weight is 559 g/mol. The zero-order valence-corrected chi connectivity index (χ0v) is 27.7. The van der Waals surface area contributed by atoms with Crippen molar-refractivity contribution in [2.24, 2.45) is 23.3 Å². The molecule has 0 atom stereocenters. The molecule has 4 aromatic carbocycles. The maximum absolute atomic E-state index is 7.09. The zero-order chi connectivity index (χ0) is 30.4. The van der Waals surface area contributed by atoms with E-state index in [1.165, 1.54) is 65.8 Å². The molecule has 1 aliphatic heterocycles. The van der Waals surface area contributed by atoms with Gasteiger partial charge in [-0.2, -0.15) is 0 Å². The Kier molecular flexibility index (Phi) is 6.54. The van der Waals surface area contributed by atoms with Crippen LogP contribution in [0.4, 0.5) is 0 Å². The molecule has 0 saturated carbocycles. The number of pyridine rings is 1. The number of fused-ring (bicyclic) bond motifs is 5. The van der Waals surface area contributed by atoms with Crippen molar-refractivity contribution in [3.8, 4) is 22.8 Å². The molecular formula is C40H48NO+. The number of aryl methyl sites for hydroxylation is 2. The second-order valence-electron chi connectivity index (χ2n) is 16.5. The number of hydrogen-bond acceptors (Lipinski definition) is 1. The average Bonchev–Trinajstić information content (AvgIpc) is 2.85. The predicted octanol–water partition coefficient (Wildman–Crippen LogP) is 10.8. The first-order valence-electron chi connectivity index (χ1n) is 15.6. The van der Waals surface area contributed by atoms with Gasteiger partial charge >= 0.3 is 0 Å². The molecule has 2 heterocycles. The molecule has 0 spiro atoms. The fourth-order valence-corrected chi connectivity index (χ4v) is 7.08. The molecule has 0 bridgehead atoms. The fraction of sp³-hybridized carbons (Fsp3) is 0.425. The number of nitrogens with zero attached hydrogens (tertiary/aromatic N) is 1. The minimum atomic E-state index is 0.116. The van der Waals surface area contributed by atoms with E-state index in [2.05, 4.69) is 136 Å². The van der Waals surface area contributed by atoms with Crippen molar-refractivity contribution in [1.29, 1.82) is 0 Å². The second kappa shape index (κ2) is 9.56. The lowest BCUT2D eigenvalue weighted by molar-refractivity contribution is -0.659. The Labute approximate surface area is 252 Å². The van der Waals surface area contributed by atoms with Crippen LogP contribution in [0.2, 0.25) is 0 Å². The van der Waals surface area contributed by atoms with E-state index in [1.807, 2.05) is 0 Å². The number of benzene rings is 4.